The quantitative estimate of drug-likeness (QED) is 0.571. The van der Waals surface area contributed by atoms with E-state index in [-0.39, 0.29) is 30.1 Å². The van der Waals surface area contributed by atoms with Crippen molar-refractivity contribution < 1.29 is 14.4 Å². The Hall–Kier alpha value is -4.20. The second kappa shape index (κ2) is 10.8. The van der Waals surface area contributed by atoms with Crippen molar-refractivity contribution in [2.45, 2.75) is 19.9 Å². The number of nitrogens with zero attached hydrogens (tertiary/aromatic N) is 3. The Morgan fingerprint density at radius 2 is 1.54 bits per heavy atom. The Bertz CT molecular complexity index is 1270. The lowest BCUT2D eigenvalue weighted by molar-refractivity contribution is -0.120. The van der Waals surface area contributed by atoms with Gasteiger partial charge in [-0.25, -0.2) is 0 Å². The SMILES string of the molecule is CCNC(=O)c1cn(CCc2ccccc2)cc(C(=O)N2CCN(c3ccccc3)C(=O)C2)c1=O. The average Bonchev–Trinajstić information content (AvgIpc) is 2.88. The minimum absolute atomic E-state index is 0.0833. The Morgan fingerprint density at radius 1 is 0.886 bits per heavy atom. The summed E-state index contributed by atoms with van der Waals surface area (Å²) in [5.74, 6) is -1.29. The van der Waals surface area contributed by atoms with Gasteiger partial charge in [0.25, 0.3) is 11.8 Å². The van der Waals surface area contributed by atoms with Crippen molar-refractivity contribution >= 4 is 23.4 Å². The molecule has 0 unspecified atom stereocenters. The Kier molecular flexibility index (Phi) is 7.40. The lowest BCUT2D eigenvalue weighted by Gasteiger charge is -2.34. The van der Waals surface area contributed by atoms with Gasteiger partial charge in [0.2, 0.25) is 11.3 Å². The molecular formula is C27H28N4O4. The molecule has 1 fully saturated rings. The van der Waals surface area contributed by atoms with Gasteiger partial charge in [-0.15, -0.1) is 0 Å². The van der Waals surface area contributed by atoms with Crippen molar-refractivity contribution in [3.63, 3.8) is 0 Å². The summed E-state index contributed by atoms with van der Waals surface area (Å²) in [5.41, 5.74) is 1.05. The highest BCUT2D eigenvalue weighted by atomic mass is 16.2. The minimum Gasteiger partial charge on any atom is -0.352 e. The molecule has 180 valence electrons. The molecule has 1 aromatic heterocycles. The predicted molar refractivity (Wildman–Crippen MR) is 134 cm³/mol. The van der Waals surface area contributed by atoms with Crippen LogP contribution in [0.25, 0.3) is 0 Å². The molecule has 0 bridgehead atoms. The van der Waals surface area contributed by atoms with E-state index in [4.69, 9.17) is 0 Å². The number of para-hydroxylation sites is 1. The number of piperazine rings is 1. The van der Waals surface area contributed by atoms with E-state index in [1.807, 2.05) is 60.7 Å². The number of benzene rings is 2. The molecule has 35 heavy (non-hydrogen) atoms. The number of amides is 3. The molecule has 0 aliphatic carbocycles. The lowest BCUT2D eigenvalue weighted by Crippen LogP contribution is -2.53. The predicted octanol–water partition coefficient (Wildman–Crippen LogP) is 2.33. The van der Waals surface area contributed by atoms with Crippen molar-refractivity contribution in [3.8, 4) is 0 Å². The van der Waals surface area contributed by atoms with Crippen molar-refractivity contribution in [1.29, 1.82) is 0 Å². The molecule has 4 rings (SSSR count). The highest BCUT2D eigenvalue weighted by Gasteiger charge is 2.30. The fourth-order valence-electron chi connectivity index (χ4n) is 4.13. The zero-order valence-electron chi connectivity index (χ0n) is 19.6. The van der Waals surface area contributed by atoms with Gasteiger partial charge in [0.05, 0.1) is 0 Å². The van der Waals surface area contributed by atoms with Crippen LogP contribution in [0.5, 0.6) is 0 Å². The molecule has 1 aliphatic rings. The molecule has 2 heterocycles. The molecule has 0 saturated carbocycles. The topological polar surface area (TPSA) is 91.7 Å². The molecule has 1 saturated heterocycles. The third-order valence-corrected chi connectivity index (χ3v) is 5.97. The molecule has 3 amide bonds. The number of nitrogens with one attached hydrogen (secondary N) is 1. The van der Waals surface area contributed by atoms with Crippen LogP contribution in [-0.4, -0.2) is 53.4 Å². The normalized spacial score (nSPS) is 13.6. The number of aromatic nitrogens is 1. The van der Waals surface area contributed by atoms with E-state index in [2.05, 4.69) is 5.32 Å². The van der Waals surface area contributed by atoms with Gasteiger partial charge in [-0.3, -0.25) is 19.2 Å². The second-order valence-electron chi connectivity index (χ2n) is 8.36. The molecule has 2 aromatic carbocycles. The van der Waals surface area contributed by atoms with Crippen LogP contribution < -0.4 is 15.6 Å². The third-order valence-electron chi connectivity index (χ3n) is 5.97. The van der Waals surface area contributed by atoms with Crippen LogP contribution in [0.2, 0.25) is 0 Å². The molecular weight excluding hydrogens is 444 g/mol. The summed E-state index contributed by atoms with van der Waals surface area (Å²) in [6.07, 6.45) is 3.65. The maximum atomic E-state index is 13.4. The van der Waals surface area contributed by atoms with Crippen molar-refractivity contribution in [1.82, 2.24) is 14.8 Å². The first-order valence-electron chi connectivity index (χ1n) is 11.7. The number of carbonyl (C=O) groups excluding carboxylic acids is 3. The van der Waals surface area contributed by atoms with E-state index in [9.17, 15) is 19.2 Å². The second-order valence-corrected chi connectivity index (χ2v) is 8.36. The van der Waals surface area contributed by atoms with Crippen LogP contribution in [0.3, 0.4) is 0 Å². The first-order chi connectivity index (χ1) is 17.0. The van der Waals surface area contributed by atoms with Crippen LogP contribution in [0.4, 0.5) is 5.69 Å². The summed E-state index contributed by atoms with van der Waals surface area (Å²) in [7, 11) is 0. The van der Waals surface area contributed by atoms with E-state index < -0.39 is 17.2 Å². The van der Waals surface area contributed by atoms with Crippen molar-refractivity contribution in [2.75, 3.05) is 31.1 Å². The van der Waals surface area contributed by atoms with Gasteiger partial charge >= 0.3 is 0 Å². The lowest BCUT2D eigenvalue weighted by atomic mass is 10.1. The van der Waals surface area contributed by atoms with Gasteiger partial charge in [0.15, 0.2) is 0 Å². The highest BCUT2D eigenvalue weighted by molar-refractivity contribution is 6.03. The van der Waals surface area contributed by atoms with E-state index in [1.165, 1.54) is 17.3 Å². The van der Waals surface area contributed by atoms with Gasteiger partial charge in [0, 0.05) is 44.3 Å². The van der Waals surface area contributed by atoms with Crippen LogP contribution in [0.15, 0.2) is 77.9 Å². The maximum Gasteiger partial charge on any atom is 0.259 e. The average molecular weight is 473 g/mol. The molecule has 8 heteroatoms. The molecule has 1 aliphatic heterocycles. The molecule has 0 atom stereocenters. The summed E-state index contributed by atoms with van der Waals surface area (Å²) in [4.78, 5) is 54.9. The number of pyridine rings is 1. The smallest absolute Gasteiger partial charge is 0.259 e. The zero-order chi connectivity index (χ0) is 24.8. The highest BCUT2D eigenvalue weighted by Crippen LogP contribution is 2.17. The number of carbonyl (C=O) groups is 3. The van der Waals surface area contributed by atoms with Crippen molar-refractivity contribution in [2.24, 2.45) is 0 Å². The van der Waals surface area contributed by atoms with E-state index in [0.717, 1.165) is 11.3 Å². The Morgan fingerprint density at radius 3 is 2.20 bits per heavy atom. The van der Waals surface area contributed by atoms with Crippen LogP contribution >= 0.6 is 0 Å². The van der Waals surface area contributed by atoms with Gasteiger partial charge in [-0.05, 0) is 31.0 Å². The minimum atomic E-state index is -0.630. The van der Waals surface area contributed by atoms with Crippen LogP contribution in [-0.2, 0) is 17.8 Å². The largest absolute Gasteiger partial charge is 0.352 e. The summed E-state index contributed by atoms with van der Waals surface area (Å²) in [6.45, 7) is 3.08. The number of rotatable bonds is 7. The fraction of sp³-hybridized carbons (Fsp3) is 0.259. The molecule has 3 aromatic rings. The molecule has 0 radical (unpaired) electrons. The van der Waals surface area contributed by atoms with Crippen LogP contribution in [0, 0.1) is 0 Å². The first-order valence-corrected chi connectivity index (χ1v) is 11.7. The van der Waals surface area contributed by atoms with E-state index in [0.29, 0.717) is 26.1 Å². The van der Waals surface area contributed by atoms with E-state index in [1.54, 1.807) is 16.4 Å². The molecule has 8 nitrogen and oxygen atoms in total. The Labute approximate surface area is 203 Å². The zero-order valence-corrected chi connectivity index (χ0v) is 19.6. The van der Waals surface area contributed by atoms with Crippen molar-refractivity contribution in [3.05, 3.63) is 100.0 Å². The Balaban J connectivity index is 1.59. The van der Waals surface area contributed by atoms with Gasteiger partial charge < -0.3 is 19.7 Å². The van der Waals surface area contributed by atoms with Gasteiger partial charge in [-0.1, -0.05) is 48.5 Å². The molecule has 0 spiro atoms. The summed E-state index contributed by atoms with van der Waals surface area (Å²) in [5, 5.41) is 2.64. The summed E-state index contributed by atoms with van der Waals surface area (Å²) >= 11 is 0. The van der Waals surface area contributed by atoms with Gasteiger partial charge in [-0.2, -0.15) is 0 Å². The third kappa shape index (κ3) is 5.48. The number of hydrogen-bond donors (Lipinski definition) is 1. The monoisotopic (exact) mass is 472 g/mol. The summed E-state index contributed by atoms with van der Waals surface area (Å²) in [6, 6.07) is 19.1. The maximum absolute atomic E-state index is 13.4. The van der Waals surface area contributed by atoms with E-state index >= 15 is 0 Å². The summed E-state index contributed by atoms with van der Waals surface area (Å²) < 4.78 is 1.70. The fourth-order valence-corrected chi connectivity index (χ4v) is 4.13. The number of aryl methyl sites for hydroxylation is 2. The first kappa shape index (κ1) is 23.9. The molecule has 1 N–H and O–H groups in total. The number of hydrogen-bond acceptors (Lipinski definition) is 4. The van der Waals surface area contributed by atoms with Crippen LogP contribution in [0.1, 0.15) is 33.2 Å². The van der Waals surface area contributed by atoms with Gasteiger partial charge in [0.1, 0.15) is 17.7 Å². The number of anilines is 1. The standard InChI is InChI=1S/C27H28N4O4/c1-2-28-26(34)22-17-29(14-13-20-9-5-3-6-10-20)18-23(25(22)33)27(35)30-15-16-31(24(32)19-30)21-11-7-4-8-12-21/h3-12,17-18H,2,13-16,19H2,1H3,(H,28,34).